The highest BCUT2D eigenvalue weighted by molar-refractivity contribution is 5.40. The van der Waals surface area contributed by atoms with E-state index in [9.17, 15) is 0 Å². The van der Waals surface area contributed by atoms with Crippen molar-refractivity contribution in [2.45, 2.75) is 13.2 Å². The van der Waals surface area contributed by atoms with Crippen LogP contribution in [0.5, 0.6) is 11.5 Å². The number of benzene rings is 3. The minimum Gasteiger partial charge on any atom is -0.489 e. The summed E-state index contributed by atoms with van der Waals surface area (Å²) < 4.78 is 11.5. The molecule has 4 heteroatoms. The molecule has 0 aromatic heterocycles. The standard InChI is InChI=1S/C20H20N2O2/c21-17-5-1-15(2-6-17)13-23-19-9-11-20(12-10-19)24-14-16-3-7-18(22)8-4-16/h1-12H,13-14,21-22H2. The number of hydrogen-bond donors (Lipinski definition) is 2. The highest BCUT2D eigenvalue weighted by Crippen LogP contribution is 2.20. The number of rotatable bonds is 6. The Morgan fingerprint density at radius 2 is 0.833 bits per heavy atom. The van der Waals surface area contributed by atoms with Crippen molar-refractivity contribution in [3.63, 3.8) is 0 Å². The lowest BCUT2D eigenvalue weighted by Crippen LogP contribution is -1.97. The van der Waals surface area contributed by atoms with Crippen LogP contribution in [0.3, 0.4) is 0 Å². The maximum atomic E-state index is 5.75. The lowest BCUT2D eigenvalue weighted by atomic mass is 10.2. The molecule has 0 unspecified atom stereocenters. The number of anilines is 2. The van der Waals surface area contributed by atoms with E-state index in [1.54, 1.807) is 0 Å². The van der Waals surface area contributed by atoms with Crippen molar-refractivity contribution in [3.05, 3.63) is 83.9 Å². The molecule has 0 radical (unpaired) electrons. The van der Waals surface area contributed by atoms with Gasteiger partial charge in [-0.05, 0) is 59.7 Å². The van der Waals surface area contributed by atoms with E-state index in [1.807, 2.05) is 72.8 Å². The third kappa shape index (κ3) is 4.43. The molecule has 0 saturated heterocycles. The van der Waals surface area contributed by atoms with Crippen LogP contribution in [0.1, 0.15) is 11.1 Å². The second-order valence-corrected chi connectivity index (χ2v) is 5.53. The topological polar surface area (TPSA) is 70.5 Å². The summed E-state index contributed by atoms with van der Waals surface area (Å²) in [7, 11) is 0. The van der Waals surface area contributed by atoms with Gasteiger partial charge in [-0.3, -0.25) is 0 Å². The van der Waals surface area contributed by atoms with Crippen LogP contribution in [-0.4, -0.2) is 0 Å². The van der Waals surface area contributed by atoms with Gasteiger partial charge >= 0.3 is 0 Å². The predicted molar refractivity (Wildman–Crippen MR) is 96.8 cm³/mol. The average Bonchev–Trinajstić information content (AvgIpc) is 2.62. The van der Waals surface area contributed by atoms with Gasteiger partial charge in [-0.25, -0.2) is 0 Å². The van der Waals surface area contributed by atoms with Gasteiger partial charge in [0.15, 0.2) is 0 Å². The largest absolute Gasteiger partial charge is 0.489 e. The molecule has 0 aliphatic heterocycles. The third-order valence-electron chi connectivity index (χ3n) is 3.59. The molecular formula is C20H20N2O2. The number of hydrogen-bond acceptors (Lipinski definition) is 4. The quantitative estimate of drug-likeness (QED) is 0.673. The first-order valence-electron chi connectivity index (χ1n) is 7.73. The zero-order valence-corrected chi connectivity index (χ0v) is 13.3. The molecular weight excluding hydrogens is 300 g/mol. The van der Waals surface area contributed by atoms with Crippen LogP contribution in [0.25, 0.3) is 0 Å². The van der Waals surface area contributed by atoms with E-state index in [1.165, 1.54) is 0 Å². The fourth-order valence-corrected chi connectivity index (χ4v) is 2.19. The minimum absolute atomic E-state index is 0.506. The van der Waals surface area contributed by atoms with E-state index < -0.39 is 0 Å². The Balaban J connectivity index is 1.51. The van der Waals surface area contributed by atoms with Crippen LogP contribution < -0.4 is 20.9 Å². The predicted octanol–water partition coefficient (Wildman–Crippen LogP) is 4.01. The van der Waals surface area contributed by atoms with E-state index >= 15 is 0 Å². The first-order chi connectivity index (χ1) is 11.7. The molecule has 3 aromatic carbocycles. The van der Waals surface area contributed by atoms with Crippen LogP contribution in [0.4, 0.5) is 11.4 Å². The zero-order chi connectivity index (χ0) is 16.8. The Hall–Kier alpha value is -3.14. The fourth-order valence-electron chi connectivity index (χ4n) is 2.19. The van der Waals surface area contributed by atoms with E-state index in [4.69, 9.17) is 20.9 Å². The Labute approximate surface area is 141 Å². The summed E-state index contributed by atoms with van der Waals surface area (Å²) in [6, 6.07) is 22.9. The summed E-state index contributed by atoms with van der Waals surface area (Å²) in [4.78, 5) is 0. The smallest absolute Gasteiger partial charge is 0.120 e. The van der Waals surface area contributed by atoms with Crippen molar-refractivity contribution < 1.29 is 9.47 Å². The van der Waals surface area contributed by atoms with E-state index in [2.05, 4.69) is 0 Å². The molecule has 0 aliphatic rings. The van der Waals surface area contributed by atoms with Gasteiger partial charge in [-0.2, -0.15) is 0 Å². The van der Waals surface area contributed by atoms with Gasteiger partial charge in [0.05, 0.1) is 0 Å². The van der Waals surface area contributed by atoms with Gasteiger partial charge in [0, 0.05) is 11.4 Å². The molecule has 0 fully saturated rings. The number of nitrogens with two attached hydrogens (primary N) is 2. The summed E-state index contributed by atoms with van der Waals surface area (Å²) in [6.07, 6.45) is 0. The molecule has 122 valence electrons. The molecule has 3 aromatic rings. The van der Waals surface area contributed by atoms with Crippen LogP contribution in [0, 0.1) is 0 Å². The molecule has 3 rings (SSSR count). The molecule has 24 heavy (non-hydrogen) atoms. The SMILES string of the molecule is Nc1ccc(COc2ccc(OCc3ccc(N)cc3)cc2)cc1. The first kappa shape index (κ1) is 15.7. The summed E-state index contributed by atoms with van der Waals surface area (Å²) in [5.74, 6) is 1.60. The zero-order valence-electron chi connectivity index (χ0n) is 13.3. The van der Waals surface area contributed by atoms with Crippen LogP contribution in [0.15, 0.2) is 72.8 Å². The Bertz CT molecular complexity index is 698. The molecule has 0 amide bonds. The lowest BCUT2D eigenvalue weighted by molar-refractivity contribution is 0.297. The number of nitrogen functional groups attached to an aromatic ring is 2. The van der Waals surface area contributed by atoms with E-state index in [-0.39, 0.29) is 0 Å². The molecule has 4 nitrogen and oxygen atoms in total. The molecule has 0 atom stereocenters. The Morgan fingerprint density at radius 3 is 1.17 bits per heavy atom. The van der Waals surface area contributed by atoms with Gasteiger partial charge in [0.25, 0.3) is 0 Å². The maximum absolute atomic E-state index is 5.75. The van der Waals surface area contributed by atoms with Crippen molar-refractivity contribution in [2.75, 3.05) is 11.5 Å². The summed E-state index contributed by atoms with van der Waals surface area (Å²) in [5.41, 5.74) is 15.0. The Kier molecular flexibility index (Phi) is 4.87. The van der Waals surface area contributed by atoms with Gasteiger partial charge in [0.1, 0.15) is 24.7 Å². The normalized spacial score (nSPS) is 10.3. The van der Waals surface area contributed by atoms with Crippen LogP contribution in [-0.2, 0) is 13.2 Å². The van der Waals surface area contributed by atoms with E-state index in [0.717, 1.165) is 34.0 Å². The Morgan fingerprint density at radius 1 is 0.500 bits per heavy atom. The minimum atomic E-state index is 0.506. The molecule has 0 spiro atoms. The van der Waals surface area contributed by atoms with Crippen molar-refractivity contribution in [1.29, 1.82) is 0 Å². The fraction of sp³-hybridized carbons (Fsp3) is 0.100. The molecule has 4 N–H and O–H groups in total. The summed E-state index contributed by atoms with van der Waals surface area (Å²) in [6.45, 7) is 1.01. The average molecular weight is 320 g/mol. The van der Waals surface area contributed by atoms with Gasteiger partial charge < -0.3 is 20.9 Å². The molecule has 0 heterocycles. The molecule has 0 bridgehead atoms. The second-order valence-electron chi connectivity index (χ2n) is 5.53. The third-order valence-corrected chi connectivity index (χ3v) is 3.59. The highest BCUT2D eigenvalue weighted by atomic mass is 16.5. The highest BCUT2D eigenvalue weighted by Gasteiger charge is 1.99. The van der Waals surface area contributed by atoms with Gasteiger partial charge in [0.2, 0.25) is 0 Å². The van der Waals surface area contributed by atoms with Crippen molar-refractivity contribution in [1.82, 2.24) is 0 Å². The van der Waals surface area contributed by atoms with Crippen LogP contribution >= 0.6 is 0 Å². The van der Waals surface area contributed by atoms with Crippen molar-refractivity contribution >= 4 is 11.4 Å². The van der Waals surface area contributed by atoms with Gasteiger partial charge in [-0.1, -0.05) is 24.3 Å². The van der Waals surface area contributed by atoms with Crippen molar-refractivity contribution in [3.8, 4) is 11.5 Å². The lowest BCUT2D eigenvalue weighted by Gasteiger charge is -2.09. The molecule has 0 saturated carbocycles. The monoisotopic (exact) mass is 320 g/mol. The number of ether oxygens (including phenoxy) is 2. The second kappa shape index (κ2) is 7.42. The molecule has 0 aliphatic carbocycles. The maximum Gasteiger partial charge on any atom is 0.120 e. The van der Waals surface area contributed by atoms with Gasteiger partial charge in [-0.15, -0.1) is 0 Å². The van der Waals surface area contributed by atoms with Crippen molar-refractivity contribution in [2.24, 2.45) is 0 Å². The first-order valence-corrected chi connectivity index (χ1v) is 7.73. The summed E-state index contributed by atoms with van der Waals surface area (Å²) >= 11 is 0. The summed E-state index contributed by atoms with van der Waals surface area (Å²) in [5, 5.41) is 0. The van der Waals surface area contributed by atoms with Crippen LogP contribution in [0.2, 0.25) is 0 Å². The van der Waals surface area contributed by atoms with E-state index in [0.29, 0.717) is 13.2 Å².